The van der Waals surface area contributed by atoms with E-state index in [0.717, 1.165) is 20.8 Å². The molecule has 1 amide bonds. The van der Waals surface area contributed by atoms with Crippen molar-refractivity contribution in [1.29, 1.82) is 5.26 Å². The van der Waals surface area contributed by atoms with E-state index in [1.54, 1.807) is 41.8 Å². The Morgan fingerprint density at radius 1 is 1.08 bits per heavy atom. The number of rotatable bonds is 6. The van der Waals surface area contributed by atoms with Crippen LogP contribution in [0.4, 0.5) is 0 Å². The number of thiazole rings is 1. The van der Waals surface area contributed by atoms with Gasteiger partial charge in [0.25, 0.3) is 21.5 Å². The van der Waals surface area contributed by atoms with Gasteiger partial charge < -0.3 is 5.73 Å². The molecule has 0 saturated carbocycles. The van der Waals surface area contributed by atoms with Gasteiger partial charge in [-0.3, -0.25) is 19.6 Å². The second-order valence-corrected chi connectivity index (χ2v) is 12.4. The number of nitriles is 1. The number of hydrazine groups is 1. The highest BCUT2D eigenvalue weighted by molar-refractivity contribution is 7.89. The fraction of sp³-hybridized carbons (Fsp3) is 0.0417. The number of hydrogen-bond acceptors (Lipinski definition) is 9. The zero-order valence-electron chi connectivity index (χ0n) is 18.7. The number of carbonyl (C=O) groups excluding carboxylic acids is 1. The second kappa shape index (κ2) is 9.92. The Hall–Kier alpha value is -3.80. The van der Waals surface area contributed by atoms with Crippen LogP contribution in [0, 0.1) is 11.3 Å². The molecule has 9 nitrogen and oxygen atoms in total. The lowest BCUT2D eigenvalue weighted by Crippen LogP contribution is -2.46. The maximum absolute atomic E-state index is 13.6. The largest absolute Gasteiger partial charge is 0.384 e. The molecule has 0 bridgehead atoms. The molecule has 3 aromatic heterocycles. The van der Waals surface area contributed by atoms with Gasteiger partial charge in [-0.05, 0) is 41.1 Å². The van der Waals surface area contributed by atoms with E-state index in [-0.39, 0.29) is 26.5 Å². The first-order valence-electron chi connectivity index (χ1n) is 10.6. The van der Waals surface area contributed by atoms with E-state index in [9.17, 15) is 23.3 Å². The predicted molar refractivity (Wildman–Crippen MR) is 144 cm³/mol. The molecular formula is C24H17N5O4S4. The first-order chi connectivity index (χ1) is 17.8. The maximum Gasteiger partial charge on any atom is 0.274 e. The van der Waals surface area contributed by atoms with Gasteiger partial charge in [-0.25, -0.2) is 8.42 Å². The van der Waals surface area contributed by atoms with Crippen molar-refractivity contribution in [3.63, 3.8) is 0 Å². The van der Waals surface area contributed by atoms with Gasteiger partial charge in [0, 0.05) is 9.75 Å². The first-order valence-corrected chi connectivity index (χ1v) is 14.7. The molecule has 1 aliphatic heterocycles. The zero-order valence-corrected chi connectivity index (χ0v) is 22.0. The van der Waals surface area contributed by atoms with Crippen molar-refractivity contribution in [2.45, 2.75) is 10.8 Å². The molecular weight excluding hydrogens is 551 g/mol. The van der Waals surface area contributed by atoms with Crippen LogP contribution in [-0.2, 0) is 14.8 Å². The minimum Gasteiger partial charge on any atom is -0.384 e. The van der Waals surface area contributed by atoms with Crippen LogP contribution in [0.2, 0.25) is 0 Å². The Morgan fingerprint density at radius 2 is 1.81 bits per heavy atom. The van der Waals surface area contributed by atoms with Crippen molar-refractivity contribution in [2.24, 2.45) is 5.73 Å². The third-order valence-corrected chi connectivity index (χ3v) is 9.64. The number of amides is 1. The summed E-state index contributed by atoms with van der Waals surface area (Å²) in [6.45, 7) is 0. The standard InChI is InChI=1S/C24H17N5O4S4/c25-13-16-19(17-9-5-11-35-17)20(22(30)27-28-37(32,33)15-7-2-1-3-8-15)24-29(21(16)26)23(31)18(36-24)12-14-6-4-10-34-14/h1-12,19,28H,26H2,(H,27,30)/b18-12-. The molecule has 4 aromatic rings. The number of sulfonamides is 1. The van der Waals surface area contributed by atoms with Crippen molar-refractivity contribution in [1.82, 2.24) is 14.8 Å². The molecule has 1 aromatic carbocycles. The molecule has 4 N–H and O–H groups in total. The van der Waals surface area contributed by atoms with Crippen LogP contribution in [0.1, 0.15) is 15.7 Å². The van der Waals surface area contributed by atoms with E-state index in [4.69, 9.17) is 5.73 Å². The number of nitrogens with zero attached hydrogens (tertiary/aromatic N) is 2. The summed E-state index contributed by atoms with van der Waals surface area (Å²) in [5.41, 5.74) is 8.18. The van der Waals surface area contributed by atoms with E-state index < -0.39 is 27.4 Å². The number of hydrogen-bond donors (Lipinski definition) is 3. The smallest absolute Gasteiger partial charge is 0.274 e. The van der Waals surface area contributed by atoms with Gasteiger partial charge >= 0.3 is 0 Å². The second-order valence-electron chi connectivity index (χ2n) is 7.72. The molecule has 1 unspecified atom stereocenters. The Kier molecular flexibility index (Phi) is 6.67. The van der Waals surface area contributed by atoms with E-state index in [1.165, 1.54) is 34.8 Å². The molecule has 0 saturated heterocycles. The van der Waals surface area contributed by atoms with Crippen molar-refractivity contribution in [2.75, 3.05) is 0 Å². The van der Waals surface area contributed by atoms with Crippen LogP contribution in [-0.4, -0.2) is 18.9 Å². The molecule has 5 rings (SSSR count). The van der Waals surface area contributed by atoms with Gasteiger partial charge in [0.05, 0.1) is 32.6 Å². The quantitative estimate of drug-likeness (QED) is 0.301. The molecule has 1 aliphatic rings. The maximum atomic E-state index is 13.6. The summed E-state index contributed by atoms with van der Waals surface area (Å²) in [6.07, 6.45) is 1.69. The average Bonchev–Trinajstić information content (AvgIpc) is 3.66. The first kappa shape index (κ1) is 24.9. The summed E-state index contributed by atoms with van der Waals surface area (Å²) in [7, 11) is -4.07. The molecule has 0 aliphatic carbocycles. The monoisotopic (exact) mass is 567 g/mol. The van der Waals surface area contributed by atoms with Crippen LogP contribution >= 0.6 is 34.0 Å². The van der Waals surface area contributed by atoms with Crippen molar-refractivity contribution in [3.8, 4) is 6.07 Å². The molecule has 13 heteroatoms. The lowest BCUT2D eigenvalue weighted by Gasteiger charge is -2.24. The third kappa shape index (κ3) is 4.57. The number of thiophene rings is 2. The Bertz CT molecular complexity index is 1840. The summed E-state index contributed by atoms with van der Waals surface area (Å²) in [5.74, 6) is -1.76. The predicted octanol–water partition coefficient (Wildman–Crippen LogP) is 1.47. The molecule has 37 heavy (non-hydrogen) atoms. The number of aromatic nitrogens is 1. The topological polar surface area (TPSA) is 147 Å². The molecule has 4 heterocycles. The fourth-order valence-electron chi connectivity index (χ4n) is 3.85. The van der Waals surface area contributed by atoms with E-state index in [0.29, 0.717) is 9.41 Å². The number of fused-ring (bicyclic) bond motifs is 1. The highest BCUT2D eigenvalue weighted by atomic mass is 32.2. The van der Waals surface area contributed by atoms with Crippen LogP contribution in [0.5, 0.6) is 0 Å². The summed E-state index contributed by atoms with van der Waals surface area (Å²) in [6, 6.07) is 16.8. The van der Waals surface area contributed by atoms with Gasteiger partial charge in [0.1, 0.15) is 10.5 Å². The van der Waals surface area contributed by atoms with Gasteiger partial charge in [0.2, 0.25) is 0 Å². The summed E-state index contributed by atoms with van der Waals surface area (Å²) >= 11 is 3.80. The third-order valence-electron chi connectivity index (χ3n) is 5.51. The normalized spacial score (nSPS) is 15.9. The number of benzene rings is 1. The lowest BCUT2D eigenvalue weighted by molar-refractivity contribution is -0.116. The average molecular weight is 568 g/mol. The number of carbonyl (C=O) groups is 1. The lowest BCUT2D eigenvalue weighted by atomic mass is 9.88. The Balaban J connectivity index is 1.69. The summed E-state index contributed by atoms with van der Waals surface area (Å²) < 4.78 is 27.1. The van der Waals surface area contributed by atoms with Crippen LogP contribution in [0.3, 0.4) is 0 Å². The van der Waals surface area contributed by atoms with Crippen LogP contribution in [0.25, 0.3) is 17.5 Å². The Morgan fingerprint density at radius 3 is 2.46 bits per heavy atom. The van der Waals surface area contributed by atoms with E-state index >= 15 is 0 Å². The molecule has 0 spiro atoms. The SMILES string of the molecule is N#CC1=C(N)n2c(s/c(=C\c3cccs3)c2=O)=C(C(=O)NNS(=O)(=O)c2ccccc2)C1c1cccs1. The van der Waals surface area contributed by atoms with Crippen molar-refractivity contribution < 1.29 is 13.2 Å². The molecule has 186 valence electrons. The van der Waals surface area contributed by atoms with Gasteiger partial charge in [-0.15, -0.1) is 38.8 Å². The molecule has 0 radical (unpaired) electrons. The van der Waals surface area contributed by atoms with Gasteiger partial charge in [0.15, 0.2) is 0 Å². The van der Waals surface area contributed by atoms with Gasteiger partial charge in [-0.2, -0.15) is 5.26 Å². The highest BCUT2D eigenvalue weighted by Gasteiger charge is 2.36. The summed E-state index contributed by atoms with van der Waals surface area (Å²) in [4.78, 5) is 30.5. The van der Waals surface area contributed by atoms with E-state index in [1.807, 2.05) is 17.5 Å². The number of allylic oxidation sites excluding steroid dienone is 1. The minimum absolute atomic E-state index is 0.0218. The number of nitrogens with two attached hydrogens (primary N) is 1. The number of nitrogens with one attached hydrogen (secondary N) is 2. The molecule has 1 atom stereocenters. The fourth-order valence-corrected chi connectivity index (χ4v) is 7.45. The Labute approximate surface area is 222 Å². The van der Waals surface area contributed by atoms with Gasteiger partial charge in [-0.1, -0.05) is 30.3 Å². The van der Waals surface area contributed by atoms with Crippen LogP contribution < -0.4 is 30.7 Å². The molecule has 0 fully saturated rings. The zero-order chi connectivity index (χ0) is 26.2. The van der Waals surface area contributed by atoms with Crippen LogP contribution in [0.15, 0.2) is 80.6 Å². The highest BCUT2D eigenvalue weighted by Crippen LogP contribution is 2.38. The van der Waals surface area contributed by atoms with E-state index in [2.05, 4.69) is 16.3 Å². The minimum atomic E-state index is -4.07. The van der Waals surface area contributed by atoms with Crippen molar-refractivity contribution in [3.05, 3.63) is 100 Å². The van der Waals surface area contributed by atoms with Crippen molar-refractivity contribution >= 4 is 67.4 Å². The summed E-state index contributed by atoms with van der Waals surface area (Å²) in [5, 5.41) is 13.7.